The fourth-order valence-electron chi connectivity index (χ4n) is 4.67. The fraction of sp³-hybridized carbons (Fsp3) is 0.440. The first-order chi connectivity index (χ1) is 15.7. The van der Waals surface area contributed by atoms with Crippen LogP contribution in [0.1, 0.15) is 48.9 Å². The summed E-state index contributed by atoms with van der Waals surface area (Å²) in [5, 5.41) is 13.9. The van der Waals surface area contributed by atoms with Crippen molar-refractivity contribution >= 4 is 34.0 Å². The lowest BCUT2D eigenvalue weighted by molar-refractivity contribution is 0.311. The van der Waals surface area contributed by atoms with Crippen LogP contribution < -0.4 is 15.0 Å². The standard InChI is InChI=1S/C25H29ClN4O2/c1-32-21-5-3-2-4-18(21)16-10-13-30(14-11-16)25-22-19(28-24(29-25)17-6-7-17)8-9-20(23(22)26)27-12-15-31/h2-5,8-9,16-17,27,31H,6-7,10-15H2,1H3. The lowest BCUT2D eigenvalue weighted by Crippen LogP contribution is -2.34. The number of piperidine rings is 1. The lowest BCUT2D eigenvalue weighted by atomic mass is 9.88. The highest BCUT2D eigenvalue weighted by molar-refractivity contribution is 6.39. The van der Waals surface area contributed by atoms with Crippen LogP contribution in [0.2, 0.25) is 5.02 Å². The number of para-hydroxylation sites is 1. The third-order valence-corrected chi connectivity index (χ3v) is 6.93. The molecule has 168 valence electrons. The van der Waals surface area contributed by atoms with E-state index in [1.807, 2.05) is 24.3 Å². The molecule has 2 aliphatic rings. The van der Waals surface area contributed by atoms with Crippen molar-refractivity contribution < 1.29 is 9.84 Å². The minimum absolute atomic E-state index is 0.0504. The number of aromatic nitrogens is 2. The molecule has 1 aliphatic heterocycles. The highest BCUT2D eigenvalue weighted by Gasteiger charge is 2.31. The van der Waals surface area contributed by atoms with E-state index in [1.54, 1.807) is 7.11 Å². The molecule has 0 atom stereocenters. The molecule has 0 unspecified atom stereocenters. The molecule has 5 rings (SSSR count). The molecule has 0 amide bonds. The van der Waals surface area contributed by atoms with Crippen LogP contribution >= 0.6 is 11.6 Å². The van der Waals surface area contributed by atoms with Gasteiger partial charge in [-0.05, 0) is 55.4 Å². The predicted octanol–water partition coefficient (Wildman–Crippen LogP) is 4.96. The van der Waals surface area contributed by atoms with Crippen LogP contribution in [0, 0.1) is 0 Å². The van der Waals surface area contributed by atoms with Gasteiger partial charge in [0.05, 0.1) is 35.3 Å². The van der Waals surface area contributed by atoms with Crippen LogP contribution in [-0.2, 0) is 0 Å². The third kappa shape index (κ3) is 4.09. The Kier molecular flexibility index (Phi) is 6.07. The van der Waals surface area contributed by atoms with Gasteiger partial charge in [0.1, 0.15) is 17.4 Å². The van der Waals surface area contributed by atoms with E-state index in [0.29, 0.717) is 23.4 Å². The summed E-state index contributed by atoms with van der Waals surface area (Å²) in [5.74, 6) is 3.78. The zero-order chi connectivity index (χ0) is 22.1. The number of benzene rings is 2. The molecule has 3 aromatic rings. The number of halogens is 1. The number of hydrogen-bond donors (Lipinski definition) is 2. The van der Waals surface area contributed by atoms with Gasteiger partial charge in [-0.3, -0.25) is 0 Å². The van der Waals surface area contributed by atoms with Gasteiger partial charge in [-0.15, -0.1) is 0 Å². The van der Waals surface area contributed by atoms with Crippen molar-refractivity contribution in [1.82, 2.24) is 9.97 Å². The number of ether oxygens (including phenoxy) is 1. The molecule has 0 spiro atoms. The molecule has 1 saturated carbocycles. The van der Waals surface area contributed by atoms with Crippen LogP contribution in [-0.4, -0.2) is 48.4 Å². The molecule has 1 aliphatic carbocycles. The van der Waals surface area contributed by atoms with Crippen molar-refractivity contribution in [3.63, 3.8) is 0 Å². The number of rotatable bonds is 7. The van der Waals surface area contributed by atoms with Crippen molar-refractivity contribution in [2.45, 2.75) is 37.5 Å². The maximum atomic E-state index is 9.20. The number of nitrogens with one attached hydrogen (secondary N) is 1. The van der Waals surface area contributed by atoms with Crippen molar-refractivity contribution in [3.05, 3.63) is 52.8 Å². The predicted molar refractivity (Wildman–Crippen MR) is 129 cm³/mol. The summed E-state index contributed by atoms with van der Waals surface area (Å²) in [7, 11) is 1.74. The summed E-state index contributed by atoms with van der Waals surface area (Å²) in [6.07, 6.45) is 4.38. The van der Waals surface area contributed by atoms with Gasteiger partial charge in [0.2, 0.25) is 0 Å². The van der Waals surface area contributed by atoms with E-state index < -0.39 is 0 Å². The average molecular weight is 453 g/mol. The Bertz CT molecular complexity index is 1110. The molecular formula is C25H29ClN4O2. The maximum absolute atomic E-state index is 9.20. The fourth-order valence-corrected chi connectivity index (χ4v) is 4.98. The van der Waals surface area contributed by atoms with E-state index in [4.69, 9.17) is 26.3 Å². The smallest absolute Gasteiger partial charge is 0.141 e. The topological polar surface area (TPSA) is 70.5 Å². The van der Waals surface area contributed by atoms with Gasteiger partial charge >= 0.3 is 0 Å². The minimum Gasteiger partial charge on any atom is -0.496 e. The second kappa shape index (κ2) is 9.12. The van der Waals surface area contributed by atoms with E-state index in [2.05, 4.69) is 22.3 Å². The van der Waals surface area contributed by atoms with E-state index in [0.717, 1.165) is 72.8 Å². The molecule has 1 saturated heterocycles. The molecule has 7 heteroatoms. The SMILES string of the molecule is COc1ccccc1C1CCN(c2nc(C3CC3)nc3ccc(NCCO)c(Cl)c23)CC1. The van der Waals surface area contributed by atoms with Crippen LogP contribution in [0.25, 0.3) is 10.9 Å². The minimum atomic E-state index is 0.0504. The molecule has 2 N–H and O–H groups in total. The van der Waals surface area contributed by atoms with Crippen molar-refractivity contribution in [3.8, 4) is 5.75 Å². The summed E-state index contributed by atoms with van der Waals surface area (Å²) in [5.41, 5.74) is 2.99. The molecule has 1 aromatic heterocycles. The second-order valence-corrected chi connectivity index (χ2v) is 9.03. The molecular weight excluding hydrogens is 424 g/mol. The maximum Gasteiger partial charge on any atom is 0.141 e. The molecule has 6 nitrogen and oxygen atoms in total. The van der Waals surface area contributed by atoms with Crippen LogP contribution in [0.3, 0.4) is 0 Å². The number of methoxy groups -OCH3 is 1. The van der Waals surface area contributed by atoms with Gasteiger partial charge in [0.15, 0.2) is 0 Å². The normalized spacial score (nSPS) is 17.0. The molecule has 0 radical (unpaired) electrons. The zero-order valence-electron chi connectivity index (χ0n) is 18.4. The molecule has 32 heavy (non-hydrogen) atoms. The summed E-state index contributed by atoms with van der Waals surface area (Å²) in [6, 6.07) is 12.3. The number of nitrogens with zero attached hydrogens (tertiary/aromatic N) is 3. The largest absolute Gasteiger partial charge is 0.496 e. The first-order valence-corrected chi connectivity index (χ1v) is 11.8. The Hall–Kier alpha value is -2.57. The highest BCUT2D eigenvalue weighted by atomic mass is 35.5. The van der Waals surface area contributed by atoms with Crippen LogP contribution in [0.4, 0.5) is 11.5 Å². The van der Waals surface area contributed by atoms with Gasteiger partial charge in [-0.2, -0.15) is 0 Å². The summed E-state index contributed by atoms with van der Waals surface area (Å²) in [4.78, 5) is 12.2. The number of aliphatic hydroxyl groups excluding tert-OH is 1. The third-order valence-electron chi connectivity index (χ3n) is 6.54. The first kappa shape index (κ1) is 21.3. The van der Waals surface area contributed by atoms with Crippen molar-refractivity contribution in [2.24, 2.45) is 0 Å². The first-order valence-electron chi connectivity index (χ1n) is 11.4. The molecule has 0 bridgehead atoms. The number of anilines is 2. The summed E-state index contributed by atoms with van der Waals surface area (Å²) in [6.45, 7) is 2.31. The van der Waals surface area contributed by atoms with Crippen LogP contribution in [0.15, 0.2) is 36.4 Å². The quantitative estimate of drug-likeness (QED) is 0.528. The zero-order valence-corrected chi connectivity index (χ0v) is 19.1. The Morgan fingerprint density at radius 3 is 2.56 bits per heavy atom. The summed E-state index contributed by atoms with van der Waals surface area (Å²) < 4.78 is 5.60. The highest BCUT2D eigenvalue weighted by Crippen LogP contribution is 2.43. The average Bonchev–Trinajstić information content (AvgIpc) is 3.69. The Labute approximate surface area is 193 Å². The Balaban J connectivity index is 1.47. The van der Waals surface area contributed by atoms with Gasteiger partial charge in [-0.25, -0.2) is 9.97 Å². The van der Waals surface area contributed by atoms with E-state index >= 15 is 0 Å². The summed E-state index contributed by atoms with van der Waals surface area (Å²) >= 11 is 6.85. The number of fused-ring (bicyclic) bond motifs is 1. The van der Waals surface area contributed by atoms with Gasteiger partial charge in [0.25, 0.3) is 0 Å². The van der Waals surface area contributed by atoms with Gasteiger partial charge < -0.3 is 20.1 Å². The Morgan fingerprint density at radius 2 is 1.84 bits per heavy atom. The Morgan fingerprint density at radius 1 is 1.06 bits per heavy atom. The molecule has 2 fully saturated rings. The van der Waals surface area contributed by atoms with Gasteiger partial charge in [0, 0.05) is 25.6 Å². The van der Waals surface area contributed by atoms with Crippen molar-refractivity contribution in [2.75, 3.05) is 43.6 Å². The van der Waals surface area contributed by atoms with E-state index in [9.17, 15) is 5.11 Å². The van der Waals surface area contributed by atoms with Crippen LogP contribution in [0.5, 0.6) is 5.75 Å². The second-order valence-electron chi connectivity index (χ2n) is 8.65. The lowest BCUT2D eigenvalue weighted by Gasteiger charge is -2.34. The van der Waals surface area contributed by atoms with Crippen molar-refractivity contribution in [1.29, 1.82) is 0 Å². The number of hydrogen-bond acceptors (Lipinski definition) is 6. The van der Waals surface area contributed by atoms with E-state index in [-0.39, 0.29) is 6.61 Å². The molecule has 2 heterocycles. The molecule has 2 aromatic carbocycles. The monoisotopic (exact) mass is 452 g/mol. The van der Waals surface area contributed by atoms with Gasteiger partial charge in [-0.1, -0.05) is 29.8 Å². The van der Waals surface area contributed by atoms with E-state index in [1.165, 1.54) is 5.56 Å². The number of aliphatic hydroxyl groups is 1.